The Hall–Kier alpha value is -8.34. The number of benzene rings is 9. The zero-order chi connectivity index (χ0) is 58.9. The maximum absolute atomic E-state index is 2.78. The zero-order valence-electron chi connectivity index (χ0n) is 52.0. The molecule has 0 N–H and O–H groups in total. The van der Waals surface area contributed by atoms with Crippen molar-refractivity contribution in [1.29, 1.82) is 0 Å². The van der Waals surface area contributed by atoms with Crippen LogP contribution >= 0.6 is 0 Å². The van der Waals surface area contributed by atoms with Gasteiger partial charge in [0.05, 0.1) is 22.2 Å². The molecule has 6 unspecified atom stereocenters. The van der Waals surface area contributed by atoms with E-state index >= 15 is 0 Å². The van der Waals surface area contributed by atoms with Gasteiger partial charge in [-0.1, -0.05) is 191 Å². The highest BCUT2D eigenvalue weighted by Crippen LogP contribution is 2.58. The number of allylic oxidation sites excluding steroid dienone is 6. The summed E-state index contributed by atoms with van der Waals surface area (Å²) in [4.78, 5) is 5.47. The van der Waals surface area contributed by atoms with Crippen molar-refractivity contribution in [2.75, 3.05) is 9.80 Å². The SMILES string of the molecule is C/C=C\c1ccc2c3c4ccccc4ccc3n(C(CC)C(C)(C)CCC(C)(C)N(c3ccc(N4c5c(ccc6ccccc56)[C@@H]5C6C=CC=CC6CCC54)cc3)c3ccc(-n4c5c(c6c7ccccc7ccc64)C=CC4CCCCC54)cc3)c2c1C. The van der Waals surface area contributed by atoms with Crippen LogP contribution in [0.15, 0.2) is 206 Å². The molecular weight excluding hydrogens is 1050 g/mol. The van der Waals surface area contributed by atoms with E-state index in [2.05, 4.69) is 286 Å². The average molecular weight is 1140 g/mol. The summed E-state index contributed by atoms with van der Waals surface area (Å²) >= 11 is 0. The number of hydrogen-bond acceptors (Lipinski definition) is 2. The Kier molecular flexibility index (Phi) is 13.0. The van der Waals surface area contributed by atoms with Crippen LogP contribution in [-0.2, 0) is 0 Å². The Morgan fingerprint density at radius 1 is 0.586 bits per heavy atom. The molecule has 9 aromatic carbocycles. The van der Waals surface area contributed by atoms with Gasteiger partial charge in [0.25, 0.3) is 0 Å². The van der Waals surface area contributed by atoms with E-state index in [0.29, 0.717) is 35.6 Å². The third-order valence-corrected chi connectivity index (χ3v) is 22.2. The van der Waals surface area contributed by atoms with Gasteiger partial charge in [-0.05, 0) is 200 Å². The first-order chi connectivity index (χ1) is 42.5. The van der Waals surface area contributed by atoms with Gasteiger partial charge in [-0.2, -0.15) is 0 Å². The Bertz CT molecular complexity index is 4650. The number of aryl methyl sites for hydroxylation is 1. The number of rotatable bonds is 12. The lowest BCUT2D eigenvalue weighted by atomic mass is 9.67. The highest BCUT2D eigenvalue weighted by atomic mass is 15.2. The summed E-state index contributed by atoms with van der Waals surface area (Å²) in [5.74, 6) is 2.62. The molecule has 4 nitrogen and oxygen atoms in total. The van der Waals surface area contributed by atoms with Crippen LogP contribution in [0.25, 0.3) is 82.9 Å². The van der Waals surface area contributed by atoms with E-state index < -0.39 is 0 Å². The number of fused-ring (bicyclic) bond motifs is 19. The Labute approximate surface area is 514 Å². The number of nitrogens with zero attached hydrogens (tertiary/aromatic N) is 4. The highest BCUT2D eigenvalue weighted by molar-refractivity contribution is 6.21. The van der Waals surface area contributed by atoms with Gasteiger partial charge in [-0.25, -0.2) is 0 Å². The summed E-state index contributed by atoms with van der Waals surface area (Å²) in [6, 6.07) is 66.5. The molecule has 5 aliphatic rings. The Morgan fingerprint density at radius 3 is 1.95 bits per heavy atom. The Morgan fingerprint density at radius 2 is 1.23 bits per heavy atom. The molecule has 2 saturated carbocycles. The van der Waals surface area contributed by atoms with Gasteiger partial charge in [0.15, 0.2) is 0 Å². The maximum atomic E-state index is 2.78. The summed E-state index contributed by atoms with van der Waals surface area (Å²) in [6.07, 6.45) is 29.7. The number of anilines is 4. The van der Waals surface area contributed by atoms with Crippen molar-refractivity contribution >= 4 is 99.9 Å². The molecule has 4 aliphatic carbocycles. The van der Waals surface area contributed by atoms with E-state index in [9.17, 15) is 0 Å². The lowest BCUT2D eigenvalue weighted by molar-refractivity contribution is 0.182. The standard InChI is InChI=1S/C83H82N4/c1-8-20-54-31-45-69-76-64-26-15-10-23-57(64)36-50-74(76)86(79(69)53(54)3)75(9-2)82(4,5)51-52-83(6,7)87(62-41-37-60(38-42-62)84-72-48-34-55-21-11-16-27-65(55)77(72)70-46-32-58-24-13-18-29-67(58)80(70)84)63-43-39-61(40-44-63)85-73-49-35-56-22-12-17-28-66(56)78(73)71-47-33-59-25-14-19-30-68(59)81(71)85/h8,10-13,15-18,20-24,26-29,31-33,35-47,49-50,55,59,65,68,72,75,77H,9,14,19,25,30,34,48,51-52H2,1-7H3/b20-8-/t55?,59?,65?,68?,72?,75?,77-/m0/s1. The summed E-state index contributed by atoms with van der Waals surface area (Å²) in [6.45, 7) is 17.1. The summed E-state index contributed by atoms with van der Waals surface area (Å²) < 4.78 is 5.45. The molecule has 87 heavy (non-hydrogen) atoms. The molecule has 434 valence electrons. The van der Waals surface area contributed by atoms with Crippen molar-refractivity contribution in [2.24, 2.45) is 23.2 Å². The van der Waals surface area contributed by atoms with Crippen molar-refractivity contribution < 1.29 is 0 Å². The van der Waals surface area contributed by atoms with Gasteiger partial charge in [0.2, 0.25) is 0 Å². The van der Waals surface area contributed by atoms with Crippen LogP contribution in [-0.4, -0.2) is 20.7 Å². The van der Waals surface area contributed by atoms with Crippen molar-refractivity contribution in [1.82, 2.24) is 9.13 Å². The molecule has 0 saturated heterocycles. The minimum absolute atomic E-state index is 0.0755. The fourth-order valence-electron chi connectivity index (χ4n) is 18.1. The molecule has 2 fully saturated rings. The first kappa shape index (κ1) is 54.1. The number of aromatic nitrogens is 2. The van der Waals surface area contributed by atoms with Crippen LogP contribution < -0.4 is 9.80 Å². The molecule has 3 heterocycles. The molecule has 2 aromatic heterocycles. The van der Waals surface area contributed by atoms with Crippen LogP contribution in [0.2, 0.25) is 0 Å². The van der Waals surface area contributed by atoms with Crippen LogP contribution in [0, 0.1) is 30.1 Å². The number of hydrogen-bond donors (Lipinski definition) is 0. The summed E-state index contributed by atoms with van der Waals surface area (Å²) in [5.41, 5.74) is 17.2. The van der Waals surface area contributed by atoms with Crippen molar-refractivity contribution in [3.63, 3.8) is 0 Å². The van der Waals surface area contributed by atoms with Gasteiger partial charge >= 0.3 is 0 Å². The minimum atomic E-state index is -0.288. The largest absolute Gasteiger partial charge is 0.337 e. The van der Waals surface area contributed by atoms with Gasteiger partial charge in [0, 0.05) is 85.0 Å². The van der Waals surface area contributed by atoms with Crippen molar-refractivity contribution in [3.8, 4) is 5.69 Å². The van der Waals surface area contributed by atoms with E-state index in [1.807, 2.05) is 0 Å². The summed E-state index contributed by atoms with van der Waals surface area (Å²) in [5, 5.41) is 12.1. The monoisotopic (exact) mass is 1130 g/mol. The molecule has 0 radical (unpaired) electrons. The van der Waals surface area contributed by atoms with Gasteiger partial charge in [-0.15, -0.1) is 0 Å². The molecule has 16 rings (SSSR count). The highest BCUT2D eigenvalue weighted by Gasteiger charge is 2.48. The van der Waals surface area contributed by atoms with E-state index in [4.69, 9.17) is 0 Å². The van der Waals surface area contributed by atoms with Crippen LogP contribution in [0.3, 0.4) is 0 Å². The second kappa shape index (κ2) is 20.9. The third-order valence-electron chi connectivity index (χ3n) is 22.2. The smallest absolute Gasteiger partial charge is 0.0544 e. The quantitative estimate of drug-likeness (QED) is 0.121. The molecular formula is C83H82N4. The second-order valence-electron chi connectivity index (χ2n) is 27.8. The molecule has 0 spiro atoms. The van der Waals surface area contributed by atoms with E-state index in [1.54, 1.807) is 0 Å². The van der Waals surface area contributed by atoms with Crippen LogP contribution in [0.5, 0.6) is 0 Å². The molecule has 1 aliphatic heterocycles. The lowest BCUT2D eigenvalue weighted by Crippen LogP contribution is -2.42. The average Bonchev–Trinajstić information content (AvgIpc) is 1.70. The van der Waals surface area contributed by atoms with Gasteiger partial charge in [0.1, 0.15) is 0 Å². The topological polar surface area (TPSA) is 16.3 Å². The van der Waals surface area contributed by atoms with Crippen molar-refractivity contribution in [2.45, 2.75) is 136 Å². The first-order valence-electron chi connectivity index (χ1n) is 33.0. The normalized spacial score (nSPS) is 21.1. The van der Waals surface area contributed by atoms with E-state index in [-0.39, 0.29) is 17.0 Å². The van der Waals surface area contributed by atoms with E-state index in [1.165, 1.54) is 160 Å². The predicted octanol–water partition coefficient (Wildman–Crippen LogP) is 23.0. The van der Waals surface area contributed by atoms with Gasteiger partial charge < -0.3 is 18.9 Å². The minimum Gasteiger partial charge on any atom is -0.337 e. The molecule has 7 atom stereocenters. The summed E-state index contributed by atoms with van der Waals surface area (Å²) in [7, 11) is 0. The lowest BCUT2D eigenvalue weighted by Gasteiger charge is -2.44. The van der Waals surface area contributed by atoms with Crippen LogP contribution in [0.4, 0.5) is 22.7 Å². The zero-order valence-corrected chi connectivity index (χ0v) is 52.0. The molecule has 0 bridgehead atoms. The molecule has 4 heteroatoms. The fraction of sp³-hybridized carbons (Fsp3) is 0.301. The fourth-order valence-corrected chi connectivity index (χ4v) is 18.1. The second-order valence-corrected chi connectivity index (χ2v) is 27.8. The predicted molar refractivity (Wildman–Crippen MR) is 373 cm³/mol. The maximum Gasteiger partial charge on any atom is 0.0544 e. The molecule has 0 amide bonds. The van der Waals surface area contributed by atoms with Crippen molar-refractivity contribution in [3.05, 3.63) is 234 Å². The van der Waals surface area contributed by atoms with Crippen LogP contribution in [0.1, 0.15) is 145 Å². The third kappa shape index (κ3) is 8.50. The molecule has 11 aromatic rings. The van der Waals surface area contributed by atoms with Gasteiger partial charge in [-0.3, -0.25) is 0 Å². The first-order valence-corrected chi connectivity index (χ1v) is 33.0. The Balaban J connectivity index is 0.810. The van der Waals surface area contributed by atoms with E-state index in [0.717, 1.165) is 19.3 Å².